The molecule has 0 bridgehead atoms. The van der Waals surface area contributed by atoms with Gasteiger partial charge in [-0.25, -0.2) is 19.5 Å². The highest BCUT2D eigenvalue weighted by Gasteiger charge is 2.46. The summed E-state index contributed by atoms with van der Waals surface area (Å²) in [6.07, 6.45) is -1.41. The van der Waals surface area contributed by atoms with Gasteiger partial charge in [0.1, 0.15) is 24.6 Å². The predicted molar refractivity (Wildman–Crippen MR) is 105 cm³/mol. The number of nitrogen functional groups attached to an aromatic ring is 1. The molecule has 14 nitrogen and oxygen atoms in total. The molecule has 1 fully saturated rings. The Bertz CT molecular complexity index is 907. The highest BCUT2D eigenvalue weighted by molar-refractivity contribution is 7.46. The molecule has 0 aromatic carbocycles. The summed E-state index contributed by atoms with van der Waals surface area (Å²) in [5.41, 5.74) is 11.9. The lowest BCUT2D eigenvalue weighted by atomic mass is 10.1. The summed E-state index contributed by atoms with van der Waals surface area (Å²) >= 11 is 0. The number of rotatable bonds is 10. The number of imidazole rings is 1. The zero-order valence-corrected chi connectivity index (χ0v) is 16.9. The van der Waals surface area contributed by atoms with Crippen molar-refractivity contribution < 1.29 is 33.8 Å². The van der Waals surface area contributed by atoms with Crippen LogP contribution in [0.1, 0.15) is 25.5 Å². The number of nitrogens with two attached hydrogens (primary N) is 2. The van der Waals surface area contributed by atoms with E-state index in [1.165, 1.54) is 10.9 Å². The highest BCUT2D eigenvalue weighted by atomic mass is 31.2. The summed E-state index contributed by atoms with van der Waals surface area (Å²) in [5.74, 6) is 0.414. The van der Waals surface area contributed by atoms with Gasteiger partial charge in [0.05, 0.1) is 6.61 Å². The summed E-state index contributed by atoms with van der Waals surface area (Å²) in [4.78, 5) is 30.2. The van der Waals surface area contributed by atoms with Crippen LogP contribution < -0.4 is 16.8 Å². The molecule has 0 saturated carbocycles. The standard InChI is InChI=1S/C15H26N7O7P/c16-4-2-1-3-5-18-15-21-9-12(17)19-7-20-13(9)22(15)14-11(24)10(23)8(29-14)6-28-30(25,26)27/h7-8,10-11,14,23-24H,1-6,16H2,(H,18,21)(H2,17,19,20)(H2,25,26,27)/t8-,10-,11-,14-/m1/s1. The SMILES string of the molecule is NCCCCCNc1nc2c(N)ncnc2n1[C@@H]1O[C@H](COP(=O)(O)O)[C@@H](O)[C@H]1O. The Kier molecular flexibility index (Phi) is 7.21. The fraction of sp³-hybridized carbons (Fsp3) is 0.667. The maximum atomic E-state index is 11.0. The molecule has 1 saturated heterocycles. The Morgan fingerprint density at radius 2 is 2.00 bits per heavy atom. The van der Waals surface area contributed by atoms with E-state index in [4.69, 9.17) is 26.0 Å². The molecule has 1 aliphatic heterocycles. The number of hydrogen-bond donors (Lipinski definition) is 7. The van der Waals surface area contributed by atoms with Crippen molar-refractivity contribution in [2.75, 3.05) is 30.7 Å². The van der Waals surface area contributed by atoms with Crippen molar-refractivity contribution in [2.45, 2.75) is 43.8 Å². The van der Waals surface area contributed by atoms with Gasteiger partial charge in [0.15, 0.2) is 23.2 Å². The monoisotopic (exact) mass is 447 g/mol. The largest absolute Gasteiger partial charge is 0.469 e. The number of nitrogens with zero attached hydrogens (tertiary/aromatic N) is 4. The zero-order valence-electron chi connectivity index (χ0n) is 16.0. The zero-order chi connectivity index (χ0) is 21.9. The first-order chi connectivity index (χ1) is 14.2. The molecular weight excluding hydrogens is 421 g/mol. The number of phosphoric ester groups is 1. The maximum absolute atomic E-state index is 11.0. The second-order valence-electron chi connectivity index (χ2n) is 6.85. The van der Waals surface area contributed by atoms with E-state index in [9.17, 15) is 14.8 Å². The van der Waals surface area contributed by atoms with Gasteiger partial charge < -0.3 is 41.5 Å². The molecule has 4 atom stereocenters. The third kappa shape index (κ3) is 5.04. The fourth-order valence-electron chi connectivity index (χ4n) is 3.19. The van der Waals surface area contributed by atoms with Crippen LogP contribution in [-0.2, 0) is 13.8 Å². The van der Waals surface area contributed by atoms with Crippen molar-refractivity contribution in [1.82, 2.24) is 19.5 Å². The molecule has 15 heteroatoms. The van der Waals surface area contributed by atoms with Gasteiger partial charge >= 0.3 is 7.82 Å². The Morgan fingerprint density at radius 1 is 1.23 bits per heavy atom. The Hall–Kier alpha value is -1.90. The van der Waals surface area contributed by atoms with Gasteiger partial charge in [-0.3, -0.25) is 9.09 Å². The van der Waals surface area contributed by atoms with Gasteiger partial charge in [-0.05, 0) is 19.4 Å². The second kappa shape index (κ2) is 9.49. The van der Waals surface area contributed by atoms with E-state index in [0.717, 1.165) is 19.3 Å². The maximum Gasteiger partial charge on any atom is 0.469 e. The number of unbranched alkanes of at least 4 members (excludes halogenated alkanes) is 2. The van der Waals surface area contributed by atoms with E-state index >= 15 is 0 Å². The van der Waals surface area contributed by atoms with Crippen LogP contribution in [0.3, 0.4) is 0 Å². The number of aliphatic hydroxyl groups is 2. The first-order valence-electron chi connectivity index (χ1n) is 9.37. The molecule has 0 spiro atoms. The minimum atomic E-state index is -4.77. The van der Waals surface area contributed by atoms with Crippen LogP contribution in [0.15, 0.2) is 6.33 Å². The van der Waals surface area contributed by atoms with Gasteiger partial charge in [-0.15, -0.1) is 0 Å². The van der Waals surface area contributed by atoms with Gasteiger partial charge in [0.2, 0.25) is 5.95 Å². The van der Waals surface area contributed by atoms with E-state index in [-0.39, 0.29) is 22.9 Å². The van der Waals surface area contributed by atoms with E-state index in [2.05, 4.69) is 24.8 Å². The molecule has 1 aliphatic rings. The summed E-state index contributed by atoms with van der Waals surface area (Å²) in [7, 11) is -4.77. The third-order valence-electron chi connectivity index (χ3n) is 4.67. The smallest absolute Gasteiger partial charge is 0.387 e. The van der Waals surface area contributed by atoms with E-state index in [1.54, 1.807) is 0 Å². The van der Waals surface area contributed by atoms with Crippen LogP contribution >= 0.6 is 7.82 Å². The number of phosphoric acid groups is 1. The molecule has 2 aromatic rings. The molecular formula is C15H26N7O7P. The number of aromatic nitrogens is 4. The van der Waals surface area contributed by atoms with Gasteiger partial charge in [0.25, 0.3) is 0 Å². The van der Waals surface area contributed by atoms with Gasteiger partial charge in [0, 0.05) is 6.54 Å². The summed E-state index contributed by atoms with van der Waals surface area (Å²) < 4.78 is 22.5. The van der Waals surface area contributed by atoms with Crippen molar-refractivity contribution in [2.24, 2.45) is 5.73 Å². The molecule has 9 N–H and O–H groups in total. The van der Waals surface area contributed by atoms with Gasteiger partial charge in [-0.1, -0.05) is 6.42 Å². The molecule has 0 aliphatic carbocycles. The number of nitrogens with one attached hydrogen (secondary N) is 1. The lowest BCUT2D eigenvalue weighted by molar-refractivity contribution is -0.0494. The van der Waals surface area contributed by atoms with E-state index < -0.39 is 39.0 Å². The molecule has 0 radical (unpaired) electrons. The summed E-state index contributed by atoms with van der Waals surface area (Å²) in [6.45, 7) is 0.528. The van der Waals surface area contributed by atoms with Crippen LogP contribution in [0, 0.1) is 0 Å². The van der Waals surface area contributed by atoms with Crippen LogP contribution in [0.4, 0.5) is 11.8 Å². The molecule has 3 heterocycles. The molecule has 30 heavy (non-hydrogen) atoms. The molecule has 3 rings (SSSR count). The van der Waals surface area contributed by atoms with Crippen molar-refractivity contribution in [3.63, 3.8) is 0 Å². The highest BCUT2D eigenvalue weighted by Crippen LogP contribution is 2.39. The van der Waals surface area contributed by atoms with Crippen LogP contribution in [0.5, 0.6) is 0 Å². The van der Waals surface area contributed by atoms with Gasteiger partial charge in [-0.2, -0.15) is 0 Å². The first kappa shape index (κ1) is 22.8. The molecule has 0 unspecified atom stereocenters. The Labute approximate surface area is 171 Å². The van der Waals surface area contributed by atoms with Crippen LogP contribution in [0.2, 0.25) is 0 Å². The number of fused-ring (bicyclic) bond motifs is 1. The predicted octanol–water partition coefficient (Wildman–Crippen LogP) is -1.32. The number of anilines is 2. The first-order valence-corrected chi connectivity index (χ1v) is 10.9. The summed E-state index contributed by atoms with van der Waals surface area (Å²) in [5, 5.41) is 23.9. The van der Waals surface area contributed by atoms with Crippen molar-refractivity contribution in [3.8, 4) is 0 Å². The molecule has 168 valence electrons. The fourth-order valence-corrected chi connectivity index (χ4v) is 3.53. The van der Waals surface area contributed by atoms with E-state index in [1.807, 2.05) is 0 Å². The minimum absolute atomic E-state index is 0.124. The number of ether oxygens (including phenoxy) is 1. The summed E-state index contributed by atoms with van der Waals surface area (Å²) in [6, 6.07) is 0. The molecule has 2 aromatic heterocycles. The number of aliphatic hydroxyl groups excluding tert-OH is 2. The lowest BCUT2D eigenvalue weighted by Gasteiger charge is -2.19. The topological polar surface area (TPSA) is 224 Å². The van der Waals surface area contributed by atoms with Crippen molar-refractivity contribution >= 4 is 30.8 Å². The van der Waals surface area contributed by atoms with Crippen molar-refractivity contribution in [3.05, 3.63) is 6.33 Å². The van der Waals surface area contributed by atoms with Crippen LogP contribution in [0.25, 0.3) is 11.2 Å². The average Bonchev–Trinajstić information content (AvgIpc) is 3.18. The third-order valence-corrected chi connectivity index (χ3v) is 5.15. The Morgan fingerprint density at radius 3 is 2.70 bits per heavy atom. The van der Waals surface area contributed by atoms with E-state index in [0.29, 0.717) is 13.1 Å². The minimum Gasteiger partial charge on any atom is -0.387 e. The van der Waals surface area contributed by atoms with Crippen molar-refractivity contribution in [1.29, 1.82) is 0 Å². The Balaban J connectivity index is 1.86. The lowest BCUT2D eigenvalue weighted by Crippen LogP contribution is -2.33. The average molecular weight is 447 g/mol. The normalized spacial score (nSPS) is 24.6. The number of hydrogen-bond acceptors (Lipinski definition) is 11. The molecule has 0 amide bonds. The second-order valence-corrected chi connectivity index (χ2v) is 8.08. The van der Waals surface area contributed by atoms with Crippen LogP contribution in [-0.4, -0.2) is 77.5 Å². The quantitative estimate of drug-likeness (QED) is 0.166.